The maximum Gasteiger partial charge on any atom is 0.235 e. The molecule has 4 heterocycles. The normalized spacial score (nSPS) is 14.0. The first kappa shape index (κ1) is 41.7. The Morgan fingerprint density at radius 1 is 0.370 bits per heavy atom. The molecule has 73 heavy (non-hydrogen) atoms. The van der Waals surface area contributed by atoms with Crippen LogP contribution in [-0.2, 0) is 10.8 Å². The lowest BCUT2D eigenvalue weighted by Crippen LogP contribution is -2.14. The molecule has 0 unspecified atom stereocenters. The van der Waals surface area contributed by atoms with Crippen molar-refractivity contribution in [3.05, 3.63) is 241 Å². The molecule has 4 aromatic heterocycles. The highest BCUT2D eigenvalue weighted by Gasteiger charge is 2.42. The van der Waals surface area contributed by atoms with Gasteiger partial charge in [0.15, 0.2) is 0 Å². The molecule has 346 valence electrons. The second-order valence-electron chi connectivity index (χ2n) is 21.0. The number of furan rings is 1. The second-order valence-corrected chi connectivity index (χ2v) is 21.0. The van der Waals surface area contributed by atoms with Crippen LogP contribution in [0.4, 0.5) is 0 Å². The van der Waals surface area contributed by atoms with E-state index < -0.39 is 0 Å². The van der Waals surface area contributed by atoms with Crippen molar-refractivity contribution < 1.29 is 4.42 Å². The highest BCUT2D eigenvalue weighted by Crippen LogP contribution is 2.55. The summed E-state index contributed by atoms with van der Waals surface area (Å²) in [6.07, 6.45) is 0. The van der Waals surface area contributed by atoms with Gasteiger partial charge in [0.1, 0.15) is 11.3 Å². The third-order valence-corrected chi connectivity index (χ3v) is 16.1. The molecule has 0 N–H and O–H groups in total. The van der Waals surface area contributed by atoms with Gasteiger partial charge < -0.3 is 8.98 Å². The number of fused-ring (bicyclic) bond motifs is 13. The Bertz CT molecular complexity index is 4360. The Hall–Kier alpha value is -9.06. The van der Waals surface area contributed by atoms with Crippen molar-refractivity contribution in [3.63, 3.8) is 0 Å². The van der Waals surface area contributed by atoms with Crippen LogP contribution in [0.15, 0.2) is 223 Å². The predicted molar refractivity (Wildman–Crippen MR) is 300 cm³/mol. The lowest BCUT2D eigenvalue weighted by Gasteiger charge is -2.21. The summed E-state index contributed by atoms with van der Waals surface area (Å²) in [6.45, 7) is 9.38. The molecule has 0 saturated heterocycles. The van der Waals surface area contributed by atoms with Gasteiger partial charge in [0.25, 0.3) is 0 Å². The van der Waals surface area contributed by atoms with Gasteiger partial charge in [0.05, 0.1) is 33.6 Å². The zero-order valence-electron chi connectivity index (χ0n) is 41.0. The van der Waals surface area contributed by atoms with Crippen molar-refractivity contribution in [2.45, 2.75) is 38.5 Å². The average Bonchev–Trinajstić information content (AvgIpc) is 4.21. The Balaban J connectivity index is 0.924. The Morgan fingerprint density at radius 3 is 1.41 bits per heavy atom. The van der Waals surface area contributed by atoms with E-state index in [-0.39, 0.29) is 10.8 Å². The molecule has 0 aliphatic heterocycles. The van der Waals surface area contributed by atoms with Gasteiger partial charge in [-0.15, -0.1) is 0 Å². The Labute approximate surface area is 423 Å². The minimum Gasteiger partial charge on any atom is -0.456 e. The number of hydrogen-bond acceptors (Lipinski definition) is 3. The minimum atomic E-state index is -0.282. The molecule has 0 fully saturated rings. The topological polar surface area (TPSA) is 48.8 Å². The number of nitrogens with zero attached hydrogens (tertiary/aromatic N) is 4. The van der Waals surface area contributed by atoms with Crippen LogP contribution in [0.3, 0.4) is 0 Å². The van der Waals surface area contributed by atoms with E-state index in [1.165, 1.54) is 77.1 Å². The van der Waals surface area contributed by atoms with Gasteiger partial charge in [-0.3, -0.25) is 4.57 Å². The van der Waals surface area contributed by atoms with Crippen LogP contribution in [0.1, 0.15) is 49.9 Å². The summed E-state index contributed by atoms with van der Waals surface area (Å²) in [7, 11) is 0. The zero-order chi connectivity index (χ0) is 48.7. The molecule has 0 amide bonds. The minimum absolute atomic E-state index is 0.169. The number of rotatable bonds is 6. The van der Waals surface area contributed by atoms with E-state index in [1.54, 1.807) is 0 Å². The summed E-state index contributed by atoms with van der Waals surface area (Å²) >= 11 is 0. The van der Waals surface area contributed by atoms with Gasteiger partial charge in [0.2, 0.25) is 5.95 Å². The molecule has 9 aromatic carbocycles. The van der Waals surface area contributed by atoms with Crippen LogP contribution in [0.25, 0.3) is 123 Å². The standard InChI is InChI=1S/C68H48N4O/c1-67(2)54-26-16-14-24-48(54)64-62(67)52-38-45(30-34-60(52)72(64)66-69-56(41-18-8-5-9-19-41)40-57(70-66)42-20-10-6-11-21-42)43-28-32-58-50(36-43)51-37-44(29-33-59(51)71(58)47-22-12-7-13-23-47)46-31-35-61-53(39-46)63-65(73-61)49-25-15-17-27-55(49)68(63,3)4/h5-40H,1-4H3. The van der Waals surface area contributed by atoms with Crippen LogP contribution in [0.5, 0.6) is 0 Å². The lowest BCUT2D eigenvalue weighted by atomic mass is 9.81. The van der Waals surface area contributed by atoms with Crippen LogP contribution < -0.4 is 0 Å². The van der Waals surface area contributed by atoms with Crippen LogP contribution in [-0.4, -0.2) is 19.1 Å². The molecule has 0 spiro atoms. The maximum atomic E-state index is 6.63. The fourth-order valence-corrected chi connectivity index (χ4v) is 12.7. The average molecular weight is 937 g/mol. The molecule has 5 heteroatoms. The van der Waals surface area contributed by atoms with Crippen LogP contribution in [0, 0.1) is 0 Å². The zero-order valence-corrected chi connectivity index (χ0v) is 41.0. The molecule has 5 nitrogen and oxygen atoms in total. The van der Waals surface area contributed by atoms with Crippen molar-refractivity contribution in [2.75, 3.05) is 0 Å². The Kier molecular flexibility index (Phi) is 8.70. The fraction of sp³-hybridized carbons (Fsp3) is 0.0882. The molecule has 2 aliphatic rings. The number of para-hydroxylation sites is 1. The highest BCUT2D eigenvalue weighted by atomic mass is 16.3. The number of benzene rings is 9. The molecular weight excluding hydrogens is 889 g/mol. The molecule has 0 saturated carbocycles. The van der Waals surface area contributed by atoms with Crippen molar-refractivity contribution >= 4 is 43.7 Å². The van der Waals surface area contributed by atoms with E-state index >= 15 is 0 Å². The molecular formula is C68H48N4O. The van der Waals surface area contributed by atoms with E-state index in [1.807, 2.05) is 0 Å². The summed E-state index contributed by atoms with van der Waals surface area (Å²) in [6, 6.07) is 79.0. The summed E-state index contributed by atoms with van der Waals surface area (Å²) in [5.41, 5.74) is 22.3. The highest BCUT2D eigenvalue weighted by molar-refractivity contribution is 6.12. The molecule has 13 aromatic rings. The molecule has 15 rings (SSSR count). The first-order valence-electron chi connectivity index (χ1n) is 25.3. The van der Waals surface area contributed by atoms with Gasteiger partial charge in [0, 0.05) is 65.9 Å². The van der Waals surface area contributed by atoms with E-state index in [0.717, 1.165) is 61.9 Å². The first-order valence-corrected chi connectivity index (χ1v) is 25.3. The molecule has 2 aliphatic carbocycles. The first-order chi connectivity index (χ1) is 35.7. The number of hydrogen-bond donors (Lipinski definition) is 0. The van der Waals surface area contributed by atoms with E-state index in [2.05, 4.69) is 255 Å². The SMILES string of the molecule is CC1(C)c2ccccc2-c2oc3ccc(-c4ccc5c(c4)c4cc(-c6ccc7c(c6)c6c(n7-c7nc(-c8ccccc8)cc(-c8ccccc8)n7)-c7ccccc7C6(C)C)ccc4n5-c4ccccc4)cc3c21. The lowest BCUT2D eigenvalue weighted by molar-refractivity contribution is 0.619. The van der Waals surface area contributed by atoms with Gasteiger partial charge in [-0.1, -0.05) is 179 Å². The predicted octanol–water partition coefficient (Wildman–Crippen LogP) is 17.5. The quantitative estimate of drug-likeness (QED) is 0.167. The van der Waals surface area contributed by atoms with Gasteiger partial charge in [-0.2, -0.15) is 0 Å². The van der Waals surface area contributed by atoms with Crippen molar-refractivity contribution in [3.8, 4) is 79.0 Å². The van der Waals surface area contributed by atoms with E-state index in [4.69, 9.17) is 14.4 Å². The Morgan fingerprint density at radius 2 is 0.822 bits per heavy atom. The summed E-state index contributed by atoms with van der Waals surface area (Å²) in [4.78, 5) is 10.8. The van der Waals surface area contributed by atoms with Crippen molar-refractivity contribution in [1.82, 2.24) is 19.1 Å². The van der Waals surface area contributed by atoms with Crippen molar-refractivity contribution in [2.24, 2.45) is 0 Å². The van der Waals surface area contributed by atoms with Gasteiger partial charge in [-0.25, -0.2) is 9.97 Å². The summed E-state index contributed by atoms with van der Waals surface area (Å²) in [5, 5.41) is 4.79. The molecule has 0 bridgehead atoms. The maximum absolute atomic E-state index is 6.63. The van der Waals surface area contributed by atoms with Crippen LogP contribution in [0.2, 0.25) is 0 Å². The largest absolute Gasteiger partial charge is 0.456 e. The fourth-order valence-electron chi connectivity index (χ4n) is 12.7. The molecule has 0 radical (unpaired) electrons. The smallest absolute Gasteiger partial charge is 0.235 e. The number of aromatic nitrogens is 4. The second kappa shape index (κ2) is 15.2. The summed E-state index contributed by atoms with van der Waals surface area (Å²) < 4.78 is 11.4. The van der Waals surface area contributed by atoms with E-state index in [0.29, 0.717) is 5.95 Å². The summed E-state index contributed by atoms with van der Waals surface area (Å²) in [5.74, 6) is 1.65. The van der Waals surface area contributed by atoms with E-state index in [9.17, 15) is 0 Å². The third-order valence-electron chi connectivity index (χ3n) is 16.1. The molecule has 0 atom stereocenters. The van der Waals surface area contributed by atoms with Gasteiger partial charge >= 0.3 is 0 Å². The monoisotopic (exact) mass is 936 g/mol. The third kappa shape index (κ3) is 6.03. The van der Waals surface area contributed by atoms with Gasteiger partial charge in [-0.05, 0) is 106 Å². The van der Waals surface area contributed by atoms with Crippen molar-refractivity contribution in [1.29, 1.82) is 0 Å². The van der Waals surface area contributed by atoms with Crippen LogP contribution >= 0.6 is 0 Å².